The van der Waals surface area contributed by atoms with Crippen LogP contribution in [-0.4, -0.2) is 72.8 Å². The maximum Gasteiger partial charge on any atom is 0.318 e. The van der Waals surface area contributed by atoms with E-state index in [1.807, 2.05) is 12.1 Å². The van der Waals surface area contributed by atoms with Gasteiger partial charge in [-0.25, -0.2) is 0 Å². The smallest absolute Gasteiger partial charge is 0.318 e. The third-order valence-electron chi connectivity index (χ3n) is 9.22. The van der Waals surface area contributed by atoms with Crippen molar-refractivity contribution in [3.8, 4) is 6.01 Å². The van der Waals surface area contributed by atoms with Gasteiger partial charge in [-0.2, -0.15) is 9.97 Å². The lowest BCUT2D eigenvalue weighted by Crippen LogP contribution is -2.52. The number of benzene rings is 2. The molecule has 0 saturated carbocycles. The minimum atomic E-state index is 0.434. The highest BCUT2D eigenvalue weighted by Gasteiger charge is 2.39. The predicted molar refractivity (Wildman–Crippen MR) is 154 cm³/mol. The molecule has 3 fully saturated rings. The second-order valence-electron chi connectivity index (χ2n) is 11.7. The van der Waals surface area contributed by atoms with Crippen molar-refractivity contribution >= 4 is 33.9 Å². The van der Waals surface area contributed by atoms with Crippen molar-refractivity contribution < 1.29 is 4.74 Å². The summed E-state index contributed by atoms with van der Waals surface area (Å²) in [6, 6.07) is 14.6. The summed E-state index contributed by atoms with van der Waals surface area (Å²) in [5.74, 6) is 1.79. The monoisotopic (exact) mass is 532 g/mol. The molecule has 1 N–H and O–H groups in total. The highest BCUT2D eigenvalue weighted by Crippen LogP contribution is 2.38. The van der Waals surface area contributed by atoms with Gasteiger partial charge in [0.1, 0.15) is 12.4 Å². The number of rotatable bonds is 5. The van der Waals surface area contributed by atoms with Gasteiger partial charge in [0.15, 0.2) is 0 Å². The average molecular weight is 533 g/mol. The molecule has 8 heteroatoms. The first-order chi connectivity index (χ1) is 18.5. The summed E-state index contributed by atoms with van der Waals surface area (Å²) < 4.78 is 6.33. The number of piperazine rings is 1. The Balaban J connectivity index is 1.23. The number of hydrogen-bond donors (Lipinski definition) is 1. The van der Waals surface area contributed by atoms with Gasteiger partial charge >= 0.3 is 6.01 Å². The van der Waals surface area contributed by atoms with E-state index in [1.165, 1.54) is 35.9 Å². The third kappa shape index (κ3) is 4.38. The van der Waals surface area contributed by atoms with Crippen LogP contribution in [0.4, 0.5) is 11.5 Å². The number of hydrogen-bond acceptors (Lipinski definition) is 7. The van der Waals surface area contributed by atoms with Crippen LogP contribution in [-0.2, 0) is 13.0 Å². The van der Waals surface area contributed by atoms with Gasteiger partial charge in [0.2, 0.25) is 0 Å². The van der Waals surface area contributed by atoms with Gasteiger partial charge < -0.3 is 24.8 Å². The second kappa shape index (κ2) is 9.85. The molecule has 4 atom stereocenters. The number of fused-ring (bicyclic) bond motifs is 4. The maximum atomic E-state index is 6.70. The topological polar surface area (TPSA) is 56.8 Å². The molecular formula is C30H37ClN6O. The quantitative estimate of drug-likeness (QED) is 0.519. The second-order valence-corrected chi connectivity index (χ2v) is 12.1. The molecule has 7 nitrogen and oxygen atoms in total. The Morgan fingerprint density at radius 3 is 2.76 bits per heavy atom. The van der Waals surface area contributed by atoms with Gasteiger partial charge in [0.25, 0.3) is 0 Å². The number of aromatic nitrogens is 2. The Morgan fingerprint density at radius 2 is 1.95 bits per heavy atom. The molecule has 3 saturated heterocycles. The van der Waals surface area contributed by atoms with Gasteiger partial charge in [-0.1, -0.05) is 42.8 Å². The fourth-order valence-electron chi connectivity index (χ4n) is 7.08. The van der Waals surface area contributed by atoms with E-state index >= 15 is 0 Å². The average Bonchev–Trinajstić information content (AvgIpc) is 3.46. The molecule has 5 heterocycles. The molecule has 200 valence electrons. The molecule has 0 spiro atoms. The number of anilines is 2. The summed E-state index contributed by atoms with van der Waals surface area (Å²) >= 11 is 6.70. The van der Waals surface area contributed by atoms with E-state index in [9.17, 15) is 0 Å². The van der Waals surface area contributed by atoms with Crippen LogP contribution >= 0.6 is 11.6 Å². The first-order valence-corrected chi connectivity index (χ1v) is 14.6. The number of likely N-dealkylation sites (N-methyl/N-ethyl adjacent to an activating group) is 1. The third-order valence-corrected chi connectivity index (χ3v) is 9.54. The molecule has 0 amide bonds. The van der Waals surface area contributed by atoms with Gasteiger partial charge in [-0.15, -0.1) is 0 Å². The standard InChI is InChI=1S/C30H37ClN6O/c1-19-14-21-15-37(16-25(19)32-21)29-23-11-13-36(27-10-4-7-20-6-3-9-24(31)28(20)27)17-26(23)33-30(34-29)38-18-22-8-5-12-35(22)2/h3-4,6-7,9-10,19,21-22,25,32H,5,8,11-18H2,1-2H3/t19-,21+,22-,25+/m0/s1. The van der Waals surface area contributed by atoms with Crippen molar-refractivity contribution in [3.63, 3.8) is 0 Å². The Bertz CT molecular complexity index is 1340. The van der Waals surface area contributed by atoms with Crippen molar-refractivity contribution in [2.24, 2.45) is 5.92 Å². The van der Waals surface area contributed by atoms with Gasteiger partial charge in [0, 0.05) is 54.4 Å². The lowest BCUT2D eigenvalue weighted by atomic mass is 10.0. The summed E-state index contributed by atoms with van der Waals surface area (Å²) in [5, 5.41) is 6.88. The lowest BCUT2D eigenvalue weighted by molar-refractivity contribution is 0.187. The van der Waals surface area contributed by atoms with E-state index in [-0.39, 0.29) is 0 Å². The Kier molecular flexibility index (Phi) is 6.33. The molecule has 0 aliphatic carbocycles. The molecule has 0 unspecified atom stereocenters. The molecule has 4 aliphatic heterocycles. The molecule has 0 radical (unpaired) electrons. The van der Waals surface area contributed by atoms with Crippen molar-refractivity contribution in [2.45, 2.75) is 57.3 Å². The minimum Gasteiger partial charge on any atom is -0.462 e. The zero-order valence-corrected chi connectivity index (χ0v) is 23.1. The van der Waals surface area contributed by atoms with Crippen molar-refractivity contribution in [2.75, 3.05) is 49.6 Å². The zero-order chi connectivity index (χ0) is 25.8. The van der Waals surface area contributed by atoms with Crippen molar-refractivity contribution in [1.82, 2.24) is 20.2 Å². The lowest BCUT2D eigenvalue weighted by Gasteiger charge is -2.38. The van der Waals surface area contributed by atoms with Crippen LogP contribution in [0.1, 0.15) is 37.4 Å². The SMILES string of the molecule is C[C@H]1C[C@@H]2CN(c3nc(OC[C@@H]4CCCN4C)nc4c3CCN(c3cccc5cccc(Cl)c35)C4)C[C@H]1N2. The molecule has 7 rings (SSSR count). The van der Waals surface area contributed by atoms with Gasteiger partial charge in [-0.05, 0) is 62.7 Å². The van der Waals surface area contributed by atoms with Crippen LogP contribution in [0.3, 0.4) is 0 Å². The van der Waals surface area contributed by atoms with Crippen LogP contribution in [0.25, 0.3) is 10.8 Å². The molecule has 4 aliphatic rings. The van der Waals surface area contributed by atoms with E-state index in [1.54, 1.807) is 0 Å². The molecule has 2 bridgehead atoms. The summed E-state index contributed by atoms with van der Waals surface area (Å²) in [6.07, 6.45) is 4.54. The predicted octanol–water partition coefficient (Wildman–Crippen LogP) is 4.51. The number of nitrogens with zero attached hydrogens (tertiary/aromatic N) is 5. The number of ether oxygens (including phenoxy) is 1. The zero-order valence-electron chi connectivity index (χ0n) is 22.4. The number of halogens is 1. The molecule has 3 aromatic rings. The maximum absolute atomic E-state index is 6.70. The molecule has 2 aromatic carbocycles. The normalized spacial score (nSPS) is 27.2. The summed E-state index contributed by atoms with van der Waals surface area (Å²) in [7, 11) is 2.19. The first-order valence-electron chi connectivity index (χ1n) is 14.2. The van der Waals surface area contributed by atoms with Crippen LogP contribution in [0, 0.1) is 5.92 Å². The van der Waals surface area contributed by atoms with Gasteiger partial charge in [-0.3, -0.25) is 0 Å². The minimum absolute atomic E-state index is 0.434. The van der Waals surface area contributed by atoms with Crippen molar-refractivity contribution in [3.05, 3.63) is 52.7 Å². The summed E-state index contributed by atoms with van der Waals surface area (Å²) in [4.78, 5) is 17.4. The van der Waals surface area contributed by atoms with Crippen molar-refractivity contribution in [1.29, 1.82) is 0 Å². The molecule has 38 heavy (non-hydrogen) atoms. The van der Waals surface area contributed by atoms with Crippen LogP contribution in [0.5, 0.6) is 6.01 Å². The van der Waals surface area contributed by atoms with E-state index < -0.39 is 0 Å². The van der Waals surface area contributed by atoms with E-state index in [0.717, 1.165) is 61.1 Å². The summed E-state index contributed by atoms with van der Waals surface area (Å²) in [5.41, 5.74) is 3.54. The fraction of sp³-hybridized carbons (Fsp3) is 0.533. The van der Waals surface area contributed by atoms with E-state index in [0.29, 0.717) is 36.7 Å². The highest BCUT2D eigenvalue weighted by molar-refractivity contribution is 6.36. The van der Waals surface area contributed by atoms with E-state index in [2.05, 4.69) is 58.3 Å². The largest absolute Gasteiger partial charge is 0.462 e. The summed E-state index contributed by atoms with van der Waals surface area (Å²) in [6.45, 7) is 7.78. The highest BCUT2D eigenvalue weighted by atomic mass is 35.5. The van der Waals surface area contributed by atoms with Crippen LogP contribution in [0.2, 0.25) is 5.02 Å². The molecule has 1 aromatic heterocycles. The molecular weight excluding hydrogens is 496 g/mol. The Hall–Kier alpha value is -2.61. The van der Waals surface area contributed by atoms with Crippen LogP contribution < -0.4 is 19.9 Å². The van der Waals surface area contributed by atoms with E-state index in [4.69, 9.17) is 26.3 Å². The van der Waals surface area contributed by atoms with Crippen LogP contribution in [0.15, 0.2) is 36.4 Å². The van der Waals surface area contributed by atoms with Gasteiger partial charge in [0.05, 0.1) is 17.3 Å². The number of nitrogens with one attached hydrogen (secondary N) is 1. The number of likely N-dealkylation sites (tertiary alicyclic amines) is 1. The fourth-order valence-corrected chi connectivity index (χ4v) is 7.36. The first kappa shape index (κ1) is 24.4. The Labute approximate surface area is 230 Å². The Morgan fingerprint density at radius 1 is 1.08 bits per heavy atom.